The van der Waals surface area contributed by atoms with Gasteiger partial charge in [0, 0.05) is 18.1 Å². The van der Waals surface area contributed by atoms with E-state index < -0.39 is 44.3 Å². The molecule has 0 spiro atoms. The van der Waals surface area contributed by atoms with E-state index in [0.29, 0.717) is 47.9 Å². The third-order valence-electron chi connectivity index (χ3n) is 9.88. The lowest BCUT2D eigenvalue weighted by Crippen LogP contribution is -2.47. The summed E-state index contributed by atoms with van der Waals surface area (Å²) in [5.41, 5.74) is -3.69. The zero-order valence-electron chi connectivity index (χ0n) is 35.0. The average molecular weight is 844 g/mol. The lowest BCUT2D eigenvalue weighted by molar-refractivity contribution is -0.890. The maximum Gasteiger partial charge on any atom is 0.312 e. The van der Waals surface area contributed by atoms with Gasteiger partial charge in [-0.05, 0) is 72.0 Å². The lowest BCUT2D eigenvalue weighted by Gasteiger charge is -2.40. The van der Waals surface area contributed by atoms with Gasteiger partial charge < -0.3 is 33.6 Å². The molecule has 3 N–H and O–H groups in total. The number of ether oxygens (including phenoxy) is 3. The number of rotatable bonds is 30. The van der Waals surface area contributed by atoms with Crippen molar-refractivity contribution in [2.24, 2.45) is 16.2 Å². The largest absolute Gasteiger partial charge is 0.507 e. The number of nitrogens with one attached hydrogen (secondary N) is 1. The van der Waals surface area contributed by atoms with E-state index >= 15 is 0 Å². The molecule has 3 atom stereocenters. The van der Waals surface area contributed by atoms with E-state index in [1.165, 1.54) is 0 Å². The van der Waals surface area contributed by atoms with Gasteiger partial charge in [-0.2, -0.15) is 33.7 Å². The highest BCUT2D eigenvalue weighted by Crippen LogP contribution is 2.46. The van der Waals surface area contributed by atoms with Crippen LogP contribution >= 0.6 is 25.3 Å². The Morgan fingerprint density at radius 2 is 1.35 bits per heavy atom. The number of carbonyl (C=O) groups excluding carboxylic acids is 4. The van der Waals surface area contributed by atoms with E-state index in [1.807, 2.05) is 35.1 Å². The van der Waals surface area contributed by atoms with E-state index in [9.17, 15) is 32.7 Å². The van der Waals surface area contributed by atoms with Crippen LogP contribution in [0.4, 0.5) is 0 Å². The number of aliphatic hydroxyl groups is 1. The normalized spacial score (nSPS) is 15.3. The van der Waals surface area contributed by atoms with Gasteiger partial charge in [0.1, 0.15) is 45.2 Å². The first-order chi connectivity index (χ1) is 25.1. The number of quaternary nitrogens is 2. The third kappa shape index (κ3) is 23.1. The summed E-state index contributed by atoms with van der Waals surface area (Å²) in [7, 11) is 3.39. The van der Waals surface area contributed by atoms with Crippen LogP contribution in [-0.4, -0.2) is 148 Å². The third-order valence-corrected chi connectivity index (χ3v) is 11.5. The molecule has 0 saturated carbocycles. The van der Waals surface area contributed by atoms with Gasteiger partial charge in [-0.3, -0.25) is 23.7 Å². The second-order valence-corrected chi connectivity index (χ2v) is 20.0. The minimum Gasteiger partial charge on any atom is -0.507 e. The van der Waals surface area contributed by atoms with Crippen molar-refractivity contribution in [3.8, 4) is 0 Å². The van der Waals surface area contributed by atoms with Gasteiger partial charge in [0.2, 0.25) is 5.91 Å². The number of esters is 3. The Labute approximate surface area is 342 Å². The predicted octanol–water partition coefficient (Wildman–Crippen LogP) is 4.64. The molecule has 17 heteroatoms. The SMILES string of the molecule is C=C(O)C[N+](C)(C)CCOC(=O)C(C)(CC)CC(C)(CC(C)(C)C(=O)OCC[N+](C)(C)CCCS(=O)(=O)O)C(=O)OCCNC(=O)CCCCC(S)CCS. The van der Waals surface area contributed by atoms with Crippen LogP contribution in [-0.2, 0) is 43.5 Å². The molecular weight excluding hydrogens is 771 g/mol. The summed E-state index contributed by atoms with van der Waals surface area (Å²) in [6.07, 6.45) is 4.25. The van der Waals surface area contributed by atoms with Crippen LogP contribution in [0.15, 0.2) is 12.3 Å². The average Bonchev–Trinajstić information content (AvgIpc) is 3.03. The molecule has 55 heavy (non-hydrogen) atoms. The summed E-state index contributed by atoms with van der Waals surface area (Å²) in [4.78, 5) is 53.6. The molecule has 0 aliphatic carbocycles. The first-order valence-electron chi connectivity index (χ1n) is 19.2. The Bertz CT molecular complexity index is 1360. The molecule has 0 rings (SSSR count). The summed E-state index contributed by atoms with van der Waals surface area (Å²) in [6.45, 7) is 13.7. The molecule has 0 aromatic rings. The first-order valence-corrected chi connectivity index (χ1v) is 21.9. The smallest absolute Gasteiger partial charge is 0.312 e. The van der Waals surface area contributed by atoms with Gasteiger partial charge in [-0.1, -0.05) is 19.9 Å². The number of aliphatic hydroxyl groups excluding tert-OH is 1. The monoisotopic (exact) mass is 843 g/mol. The van der Waals surface area contributed by atoms with E-state index in [4.69, 9.17) is 18.8 Å². The highest BCUT2D eigenvalue weighted by atomic mass is 32.2. The first kappa shape index (κ1) is 53.0. The molecule has 14 nitrogen and oxygen atoms in total. The fourth-order valence-electron chi connectivity index (χ4n) is 6.51. The zero-order chi connectivity index (χ0) is 42.7. The minimum absolute atomic E-state index is 0.0000274. The second-order valence-electron chi connectivity index (χ2n) is 17.3. The molecule has 0 saturated heterocycles. The van der Waals surface area contributed by atoms with Crippen molar-refractivity contribution in [1.82, 2.24) is 5.32 Å². The van der Waals surface area contributed by atoms with Gasteiger partial charge in [0.25, 0.3) is 10.1 Å². The molecule has 0 aromatic carbocycles. The number of unbranched alkanes of at least 4 members (excludes halogenated alkanes) is 1. The van der Waals surface area contributed by atoms with Crippen molar-refractivity contribution in [2.75, 3.05) is 92.2 Å². The number of likely N-dealkylation sites (N-methyl/N-ethyl adjacent to an activating group) is 2. The Kier molecular flexibility index (Phi) is 23.1. The van der Waals surface area contributed by atoms with Gasteiger partial charge in [0.15, 0.2) is 0 Å². The summed E-state index contributed by atoms with van der Waals surface area (Å²) < 4.78 is 49.1. The van der Waals surface area contributed by atoms with Crippen LogP contribution in [0.3, 0.4) is 0 Å². The second kappa shape index (κ2) is 24.0. The van der Waals surface area contributed by atoms with E-state index in [1.54, 1.807) is 27.7 Å². The summed E-state index contributed by atoms with van der Waals surface area (Å²) in [6, 6.07) is 0. The zero-order valence-corrected chi connectivity index (χ0v) is 37.6. The summed E-state index contributed by atoms with van der Waals surface area (Å²) in [5.74, 6) is -1.43. The molecule has 1 amide bonds. The maximum absolute atomic E-state index is 14.0. The number of amides is 1. The van der Waals surface area contributed by atoms with Crippen LogP contribution in [0.5, 0.6) is 0 Å². The summed E-state index contributed by atoms with van der Waals surface area (Å²) in [5, 5.41) is 12.7. The number of thiol groups is 2. The van der Waals surface area contributed by atoms with Crippen molar-refractivity contribution in [3.63, 3.8) is 0 Å². The number of nitrogens with zero attached hydrogens (tertiary/aromatic N) is 2. The van der Waals surface area contributed by atoms with Crippen LogP contribution in [0.1, 0.15) is 92.4 Å². The van der Waals surface area contributed by atoms with Gasteiger partial charge >= 0.3 is 17.9 Å². The van der Waals surface area contributed by atoms with Crippen molar-refractivity contribution >= 4 is 59.2 Å². The minimum atomic E-state index is -4.08. The van der Waals surface area contributed by atoms with Crippen molar-refractivity contribution < 1.29 is 60.4 Å². The fourth-order valence-corrected chi connectivity index (χ4v) is 7.83. The molecule has 322 valence electrons. The number of hydrogen-bond donors (Lipinski definition) is 5. The lowest BCUT2D eigenvalue weighted by atomic mass is 9.65. The van der Waals surface area contributed by atoms with E-state index in [2.05, 4.69) is 37.2 Å². The van der Waals surface area contributed by atoms with Crippen LogP contribution in [0.2, 0.25) is 0 Å². The van der Waals surface area contributed by atoms with E-state index in [-0.39, 0.29) is 74.8 Å². The predicted molar refractivity (Wildman–Crippen MR) is 222 cm³/mol. The standard InChI is InChI=1S/C38H71N3O11S3/c1-11-37(5,34(45)52-24-21-41(9,10)27-30(2)42)29-38(6,35(46)50-22-18-39-32(43)16-13-12-15-31(54)17-25-53)28-36(3,4)33(44)51-23-20-40(7,8)19-14-26-55(47,48)49/h31H,2,11-29H2,1,3-10H3,(H3-2,39,42,43,47,48,49,53,54)/p+2. The Morgan fingerprint density at radius 3 is 1.89 bits per heavy atom. The highest BCUT2D eigenvalue weighted by molar-refractivity contribution is 7.85. The van der Waals surface area contributed by atoms with Gasteiger partial charge in [-0.15, -0.1) is 0 Å². The molecule has 0 aromatic heterocycles. The molecule has 0 bridgehead atoms. The van der Waals surface area contributed by atoms with Crippen molar-refractivity contribution in [3.05, 3.63) is 12.3 Å². The number of hydrogen-bond acceptors (Lipinski definition) is 12. The molecule has 0 aliphatic heterocycles. The molecule has 0 radical (unpaired) electrons. The van der Waals surface area contributed by atoms with Gasteiger partial charge in [-0.25, -0.2) is 0 Å². The van der Waals surface area contributed by atoms with E-state index in [0.717, 1.165) is 25.0 Å². The Morgan fingerprint density at radius 1 is 0.800 bits per heavy atom. The maximum atomic E-state index is 14.0. The van der Waals surface area contributed by atoms with Crippen molar-refractivity contribution in [2.45, 2.75) is 97.7 Å². The molecule has 0 aliphatic rings. The molecule has 0 heterocycles. The van der Waals surface area contributed by atoms with Crippen molar-refractivity contribution in [1.29, 1.82) is 0 Å². The molecule has 3 unspecified atom stereocenters. The fraction of sp³-hybridized carbons (Fsp3) is 0.842. The van der Waals surface area contributed by atoms with Crippen LogP contribution in [0.25, 0.3) is 0 Å². The topological polar surface area (TPSA) is 183 Å². The van der Waals surface area contributed by atoms with Crippen LogP contribution < -0.4 is 5.32 Å². The van der Waals surface area contributed by atoms with Crippen LogP contribution in [0, 0.1) is 16.2 Å². The molecule has 0 fully saturated rings. The Balaban J connectivity index is 5.82. The molecular formula is C38H73N3O11S3+2. The number of carbonyl (C=O) groups is 4. The Hall–Kier alpha value is -2.05. The quantitative estimate of drug-likeness (QED) is 0.0129. The highest BCUT2D eigenvalue weighted by Gasteiger charge is 2.50. The van der Waals surface area contributed by atoms with Gasteiger partial charge in [0.05, 0.1) is 63.3 Å². The summed E-state index contributed by atoms with van der Waals surface area (Å²) >= 11 is 8.75.